The normalized spacial score (nSPS) is 12.3. The van der Waals surface area contributed by atoms with Crippen LogP contribution in [0.2, 0.25) is 5.02 Å². The average molecular weight is 281 g/mol. The molecule has 0 fully saturated rings. The summed E-state index contributed by atoms with van der Waals surface area (Å²) in [5.74, 6) is -1.45. The van der Waals surface area contributed by atoms with E-state index in [9.17, 15) is 9.59 Å². The summed E-state index contributed by atoms with van der Waals surface area (Å²) in [6.45, 7) is 1.29. The Labute approximate surface area is 114 Å². The number of fused-ring (bicyclic) bond motifs is 1. The molecule has 1 amide bonds. The molecule has 2 rings (SSSR count). The van der Waals surface area contributed by atoms with E-state index in [1.807, 2.05) is 12.1 Å². The molecule has 1 heterocycles. The van der Waals surface area contributed by atoms with E-state index >= 15 is 0 Å². The van der Waals surface area contributed by atoms with Crippen molar-refractivity contribution in [3.63, 3.8) is 0 Å². The number of carbonyl (C=O) groups is 2. The zero-order chi connectivity index (χ0) is 14.0. The van der Waals surface area contributed by atoms with Gasteiger partial charge in [0.25, 0.3) is 0 Å². The minimum Gasteiger partial charge on any atom is -0.480 e. The van der Waals surface area contributed by atoms with Crippen LogP contribution in [0, 0.1) is 0 Å². The number of nitrogens with one attached hydrogen (secondary N) is 2. The Balaban J connectivity index is 2.34. The highest BCUT2D eigenvalue weighted by Gasteiger charge is 2.21. The fourth-order valence-electron chi connectivity index (χ4n) is 2.03. The topological polar surface area (TPSA) is 82.2 Å². The lowest BCUT2D eigenvalue weighted by molar-refractivity contribution is -0.141. The zero-order valence-corrected chi connectivity index (χ0v) is 11.0. The van der Waals surface area contributed by atoms with Gasteiger partial charge in [-0.15, -0.1) is 0 Å². The fraction of sp³-hybridized carbons (Fsp3) is 0.231. The molecule has 19 heavy (non-hydrogen) atoms. The fourth-order valence-corrected chi connectivity index (χ4v) is 2.33. The number of benzene rings is 1. The van der Waals surface area contributed by atoms with Gasteiger partial charge in [0, 0.05) is 30.4 Å². The molecule has 1 aromatic heterocycles. The number of halogens is 1. The van der Waals surface area contributed by atoms with E-state index in [1.54, 1.807) is 12.3 Å². The standard InChI is InChI=1S/C13H13ClN2O3/c1-7(17)16-11(13(18)19)5-8-6-15-10-4-2-3-9(14)12(8)10/h2-4,6,11,15H,5H2,1H3,(H,16,17)(H,18,19). The summed E-state index contributed by atoms with van der Waals surface area (Å²) in [5, 5.41) is 12.9. The number of H-pyrrole nitrogens is 1. The Morgan fingerprint density at radius 2 is 2.21 bits per heavy atom. The molecule has 0 saturated heterocycles. The van der Waals surface area contributed by atoms with Crippen LogP contribution in [-0.2, 0) is 16.0 Å². The number of carboxylic acid groups (broad SMARTS) is 1. The van der Waals surface area contributed by atoms with Gasteiger partial charge in [-0.2, -0.15) is 0 Å². The maximum Gasteiger partial charge on any atom is 0.326 e. The van der Waals surface area contributed by atoms with Crippen molar-refractivity contribution in [2.24, 2.45) is 0 Å². The Kier molecular flexibility index (Phi) is 3.76. The summed E-state index contributed by atoms with van der Waals surface area (Å²) in [6, 6.07) is 4.45. The van der Waals surface area contributed by atoms with Crippen LogP contribution >= 0.6 is 11.6 Å². The van der Waals surface area contributed by atoms with E-state index in [0.29, 0.717) is 5.02 Å². The number of aromatic amines is 1. The van der Waals surface area contributed by atoms with Gasteiger partial charge in [0.2, 0.25) is 5.91 Å². The summed E-state index contributed by atoms with van der Waals surface area (Å²) >= 11 is 6.12. The molecule has 100 valence electrons. The maximum absolute atomic E-state index is 11.1. The van der Waals surface area contributed by atoms with Gasteiger partial charge < -0.3 is 15.4 Å². The van der Waals surface area contributed by atoms with Gasteiger partial charge in [-0.3, -0.25) is 4.79 Å². The lowest BCUT2D eigenvalue weighted by Crippen LogP contribution is -2.41. The lowest BCUT2D eigenvalue weighted by Gasteiger charge is -2.12. The predicted octanol–water partition coefficient (Wildman–Crippen LogP) is 1.95. The summed E-state index contributed by atoms with van der Waals surface area (Å²) in [7, 11) is 0. The van der Waals surface area contributed by atoms with E-state index in [-0.39, 0.29) is 12.3 Å². The van der Waals surface area contributed by atoms with Gasteiger partial charge in [0.05, 0.1) is 5.02 Å². The molecule has 1 unspecified atom stereocenters. The molecule has 5 nitrogen and oxygen atoms in total. The Morgan fingerprint density at radius 1 is 1.47 bits per heavy atom. The highest BCUT2D eigenvalue weighted by Crippen LogP contribution is 2.27. The first kappa shape index (κ1) is 13.4. The Morgan fingerprint density at radius 3 is 2.84 bits per heavy atom. The first-order valence-electron chi connectivity index (χ1n) is 5.73. The molecule has 0 aliphatic heterocycles. The van der Waals surface area contributed by atoms with Crippen LogP contribution in [-0.4, -0.2) is 28.0 Å². The third-order valence-electron chi connectivity index (χ3n) is 2.84. The summed E-state index contributed by atoms with van der Waals surface area (Å²) < 4.78 is 0. The lowest BCUT2D eigenvalue weighted by atomic mass is 10.0. The number of carboxylic acids is 1. The second-order valence-electron chi connectivity index (χ2n) is 4.27. The minimum absolute atomic E-state index is 0.179. The second-order valence-corrected chi connectivity index (χ2v) is 4.68. The highest BCUT2D eigenvalue weighted by atomic mass is 35.5. The van der Waals surface area contributed by atoms with E-state index in [1.165, 1.54) is 6.92 Å². The number of carbonyl (C=O) groups excluding carboxylic acids is 1. The van der Waals surface area contributed by atoms with Crippen molar-refractivity contribution >= 4 is 34.4 Å². The van der Waals surface area contributed by atoms with Gasteiger partial charge in [-0.1, -0.05) is 17.7 Å². The predicted molar refractivity (Wildman–Crippen MR) is 72.3 cm³/mol. The SMILES string of the molecule is CC(=O)NC(Cc1c[nH]c2cccc(Cl)c12)C(=O)O. The van der Waals surface area contributed by atoms with E-state index in [0.717, 1.165) is 16.5 Å². The Bertz CT molecular complexity index is 636. The average Bonchev–Trinajstić information content (AvgIpc) is 2.72. The first-order valence-corrected chi connectivity index (χ1v) is 6.11. The molecule has 0 saturated carbocycles. The molecule has 1 atom stereocenters. The third kappa shape index (κ3) is 2.88. The van der Waals surface area contributed by atoms with Gasteiger partial charge >= 0.3 is 5.97 Å². The molecule has 2 aromatic rings. The minimum atomic E-state index is -1.07. The molecule has 0 radical (unpaired) electrons. The molecule has 3 N–H and O–H groups in total. The van der Waals surface area contributed by atoms with Crippen molar-refractivity contribution in [2.45, 2.75) is 19.4 Å². The number of hydrogen-bond donors (Lipinski definition) is 3. The molecular formula is C13H13ClN2O3. The van der Waals surface area contributed by atoms with Crippen molar-refractivity contribution in [1.29, 1.82) is 0 Å². The van der Waals surface area contributed by atoms with Crippen LogP contribution in [0.25, 0.3) is 10.9 Å². The van der Waals surface area contributed by atoms with Gasteiger partial charge in [0.15, 0.2) is 0 Å². The summed E-state index contributed by atoms with van der Waals surface area (Å²) in [5.41, 5.74) is 1.61. The van der Waals surface area contributed by atoms with Crippen LogP contribution in [0.15, 0.2) is 24.4 Å². The quantitative estimate of drug-likeness (QED) is 0.800. The molecular weight excluding hydrogens is 268 g/mol. The Hall–Kier alpha value is -2.01. The second kappa shape index (κ2) is 5.32. The number of rotatable bonds is 4. The van der Waals surface area contributed by atoms with Crippen LogP contribution in [0.1, 0.15) is 12.5 Å². The van der Waals surface area contributed by atoms with Crippen molar-refractivity contribution in [1.82, 2.24) is 10.3 Å². The first-order chi connectivity index (χ1) is 8.99. The molecule has 0 aliphatic rings. The number of aliphatic carboxylic acids is 1. The third-order valence-corrected chi connectivity index (χ3v) is 3.15. The number of amides is 1. The van der Waals surface area contributed by atoms with Crippen LogP contribution < -0.4 is 5.32 Å². The smallest absolute Gasteiger partial charge is 0.326 e. The zero-order valence-electron chi connectivity index (χ0n) is 10.2. The van der Waals surface area contributed by atoms with Crippen molar-refractivity contribution in [3.8, 4) is 0 Å². The van der Waals surface area contributed by atoms with E-state index in [2.05, 4.69) is 10.3 Å². The molecule has 6 heteroatoms. The highest BCUT2D eigenvalue weighted by molar-refractivity contribution is 6.35. The van der Waals surface area contributed by atoms with Crippen molar-refractivity contribution in [3.05, 3.63) is 35.0 Å². The summed E-state index contributed by atoms with van der Waals surface area (Å²) in [4.78, 5) is 25.2. The van der Waals surface area contributed by atoms with Gasteiger partial charge in [-0.25, -0.2) is 4.79 Å². The summed E-state index contributed by atoms with van der Waals surface area (Å²) in [6.07, 6.45) is 1.90. The van der Waals surface area contributed by atoms with E-state index < -0.39 is 12.0 Å². The van der Waals surface area contributed by atoms with E-state index in [4.69, 9.17) is 16.7 Å². The van der Waals surface area contributed by atoms with Gasteiger partial charge in [-0.05, 0) is 17.7 Å². The maximum atomic E-state index is 11.1. The van der Waals surface area contributed by atoms with Gasteiger partial charge in [0.1, 0.15) is 6.04 Å². The van der Waals surface area contributed by atoms with Crippen molar-refractivity contribution in [2.75, 3.05) is 0 Å². The number of aromatic nitrogens is 1. The van der Waals surface area contributed by atoms with Crippen LogP contribution in [0.4, 0.5) is 0 Å². The molecule has 1 aromatic carbocycles. The molecule has 0 bridgehead atoms. The monoisotopic (exact) mass is 280 g/mol. The van der Waals surface area contributed by atoms with Crippen molar-refractivity contribution < 1.29 is 14.7 Å². The number of hydrogen-bond acceptors (Lipinski definition) is 2. The molecule has 0 aliphatic carbocycles. The molecule has 0 spiro atoms. The van der Waals surface area contributed by atoms with Crippen LogP contribution in [0.5, 0.6) is 0 Å². The largest absolute Gasteiger partial charge is 0.480 e. The van der Waals surface area contributed by atoms with Crippen LogP contribution in [0.3, 0.4) is 0 Å².